The maximum Gasteiger partial charge on any atom is 0.312 e. The van der Waals surface area contributed by atoms with E-state index < -0.39 is 0 Å². The number of rotatable bonds is 2. The third-order valence-electron chi connectivity index (χ3n) is 4.54. The molecule has 0 aromatic heterocycles. The molecular weight excluding hydrogens is 176 g/mol. The first kappa shape index (κ1) is 9.81. The predicted molar refractivity (Wildman–Crippen MR) is 55.7 cm³/mol. The van der Waals surface area contributed by atoms with Gasteiger partial charge in [-0.2, -0.15) is 0 Å². The molecule has 14 heavy (non-hydrogen) atoms. The van der Waals surface area contributed by atoms with Gasteiger partial charge in [0.25, 0.3) is 0 Å². The van der Waals surface area contributed by atoms with E-state index in [-0.39, 0.29) is 6.03 Å². The Morgan fingerprint density at radius 3 is 2.71 bits per heavy atom. The molecule has 3 atom stereocenters. The van der Waals surface area contributed by atoms with Crippen LogP contribution in [0.1, 0.15) is 33.1 Å². The van der Waals surface area contributed by atoms with Crippen molar-refractivity contribution in [2.24, 2.45) is 28.9 Å². The van der Waals surface area contributed by atoms with Crippen molar-refractivity contribution in [2.75, 3.05) is 6.54 Å². The van der Waals surface area contributed by atoms with E-state index in [1.807, 2.05) is 0 Å². The molecule has 3 aliphatic carbocycles. The zero-order valence-corrected chi connectivity index (χ0v) is 9.05. The van der Waals surface area contributed by atoms with Crippen molar-refractivity contribution >= 4 is 6.03 Å². The fourth-order valence-corrected chi connectivity index (χ4v) is 3.44. The zero-order valence-electron chi connectivity index (χ0n) is 9.05. The van der Waals surface area contributed by atoms with Crippen molar-refractivity contribution in [3.8, 4) is 0 Å². The first-order valence-electron chi connectivity index (χ1n) is 5.55. The molecule has 0 heterocycles. The van der Waals surface area contributed by atoms with Gasteiger partial charge < -0.3 is 11.1 Å². The number of primary amides is 1. The van der Waals surface area contributed by atoms with Crippen LogP contribution in [0.5, 0.6) is 0 Å². The summed E-state index contributed by atoms with van der Waals surface area (Å²) in [5, 5.41) is 2.75. The fourth-order valence-electron chi connectivity index (χ4n) is 3.44. The topological polar surface area (TPSA) is 55.1 Å². The molecule has 3 N–H and O–H groups in total. The summed E-state index contributed by atoms with van der Waals surface area (Å²) in [5.41, 5.74) is 5.59. The van der Waals surface area contributed by atoms with E-state index in [0.717, 1.165) is 18.4 Å². The monoisotopic (exact) mass is 196 g/mol. The molecule has 0 radical (unpaired) electrons. The van der Waals surface area contributed by atoms with Crippen molar-refractivity contribution in [1.29, 1.82) is 0 Å². The lowest BCUT2D eigenvalue weighted by molar-refractivity contribution is -0.103. The number of carbonyl (C=O) groups excluding carboxylic acids is 1. The predicted octanol–water partition coefficient (Wildman–Crippen LogP) is 1.73. The van der Waals surface area contributed by atoms with Crippen LogP contribution in [0.4, 0.5) is 4.79 Å². The summed E-state index contributed by atoms with van der Waals surface area (Å²) in [4.78, 5) is 10.6. The lowest BCUT2D eigenvalue weighted by Gasteiger charge is -2.60. The molecular formula is C11H20N2O. The van der Waals surface area contributed by atoms with Crippen LogP contribution in [0, 0.1) is 23.2 Å². The van der Waals surface area contributed by atoms with Gasteiger partial charge in [0, 0.05) is 6.54 Å². The van der Waals surface area contributed by atoms with Crippen LogP contribution < -0.4 is 11.1 Å². The summed E-state index contributed by atoms with van der Waals surface area (Å²) in [5.74, 6) is 2.38. The van der Waals surface area contributed by atoms with Crippen LogP contribution in [-0.2, 0) is 0 Å². The molecule has 3 nitrogen and oxygen atoms in total. The Labute approximate surface area is 85.4 Å². The van der Waals surface area contributed by atoms with E-state index in [4.69, 9.17) is 5.73 Å². The van der Waals surface area contributed by atoms with Crippen molar-refractivity contribution < 1.29 is 4.79 Å². The van der Waals surface area contributed by atoms with E-state index in [9.17, 15) is 4.79 Å². The highest BCUT2D eigenvalue weighted by Gasteiger charge is 2.53. The third-order valence-corrected chi connectivity index (χ3v) is 4.54. The highest BCUT2D eigenvalue weighted by atomic mass is 16.2. The SMILES string of the molecule is CC1(C)[C@H]2CC[C@@H](CNC(N)=O)[C@H]1C2. The maximum atomic E-state index is 10.6. The molecule has 3 heteroatoms. The Morgan fingerprint density at radius 1 is 1.50 bits per heavy atom. The van der Waals surface area contributed by atoms with Crippen molar-refractivity contribution in [3.05, 3.63) is 0 Å². The number of urea groups is 1. The van der Waals surface area contributed by atoms with Gasteiger partial charge in [-0.3, -0.25) is 0 Å². The van der Waals surface area contributed by atoms with Gasteiger partial charge in [0.2, 0.25) is 0 Å². The summed E-state index contributed by atoms with van der Waals surface area (Å²) in [7, 11) is 0. The normalized spacial score (nSPS) is 38.6. The van der Waals surface area contributed by atoms with Gasteiger partial charge in [0.05, 0.1) is 0 Å². The minimum absolute atomic E-state index is 0.385. The van der Waals surface area contributed by atoms with Gasteiger partial charge in [0.15, 0.2) is 0 Å². The number of fused-ring (bicyclic) bond motifs is 2. The lowest BCUT2D eigenvalue weighted by atomic mass is 9.45. The van der Waals surface area contributed by atoms with Crippen LogP contribution in [-0.4, -0.2) is 12.6 Å². The van der Waals surface area contributed by atoms with E-state index in [1.54, 1.807) is 0 Å². The second kappa shape index (κ2) is 3.14. The molecule has 0 spiro atoms. The van der Waals surface area contributed by atoms with Crippen LogP contribution in [0.3, 0.4) is 0 Å². The van der Waals surface area contributed by atoms with Gasteiger partial charge in [-0.05, 0) is 42.4 Å². The number of amides is 2. The number of carbonyl (C=O) groups is 1. The first-order valence-corrected chi connectivity index (χ1v) is 5.55. The van der Waals surface area contributed by atoms with Crippen LogP contribution in [0.15, 0.2) is 0 Å². The molecule has 3 fully saturated rings. The van der Waals surface area contributed by atoms with Gasteiger partial charge in [0.1, 0.15) is 0 Å². The number of nitrogens with one attached hydrogen (secondary N) is 1. The second-order valence-corrected chi connectivity index (χ2v) is 5.44. The largest absolute Gasteiger partial charge is 0.352 e. The molecule has 3 aliphatic rings. The van der Waals surface area contributed by atoms with Crippen LogP contribution >= 0.6 is 0 Å². The molecule has 80 valence electrons. The summed E-state index contributed by atoms with van der Waals surface area (Å²) in [6.07, 6.45) is 3.95. The van der Waals surface area contributed by atoms with Crippen LogP contribution in [0.25, 0.3) is 0 Å². The summed E-state index contributed by atoms with van der Waals surface area (Å²) < 4.78 is 0. The standard InChI is InChI=1S/C11H20N2O/c1-11(2)8-4-3-7(9(11)5-8)6-13-10(12)14/h7-9H,3-6H2,1-2H3,(H3,12,13,14)/t7-,8-,9+/m0/s1. The Kier molecular flexibility index (Phi) is 2.20. The summed E-state index contributed by atoms with van der Waals surface area (Å²) in [6, 6.07) is -0.385. The average Bonchev–Trinajstić information content (AvgIpc) is 2.14. The minimum atomic E-state index is -0.385. The number of nitrogens with two attached hydrogens (primary N) is 1. The van der Waals surface area contributed by atoms with E-state index in [0.29, 0.717) is 11.3 Å². The fraction of sp³-hybridized carbons (Fsp3) is 0.909. The zero-order chi connectivity index (χ0) is 10.3. The maximum absolute atomic E-state index is 10.6. The Morgan fingerprint density at radius 2 is 2.21 bits per heavy atom. The second-order valence-electron chi connectivity index (χ2n) is 5.44. The first-order chi connectivity index (χ1) is 6.51. The van der Waals surface area contributed by atoms with Gasteiger partial charge in [-0.15, -0.1) is 0 Å². The number of hydrogen-bond acceptors (Lipinski definition) is 1. The van der Waals surface area contributed by atoms with E-state index in [2.05, 4.69) is 19.2 Å². The smallest absolute Gasteiger partial charge is 0.312 e. The molecule has 3 saturated carbocycles. The highest BCUT2D eigenvalue weighted by Crippen LogP contribution is 2.61. The molecule has 0 aromatic rings. The Hall–Kier alpha value is -0.730. The quantitative estimate of drug-likeness (QED) is 0.694. The van der Waals surface area contributed by atoms with Crippen molar-refractivity contribution in [2.45, 2.75) is 33.1 Å². The highest BCUT2D eigenvalue weighted by molar-refractivity contribution is 5.71. The average molecular weight is 196 g/mol. The molecule has 2 bridgehead atoms. The molecule has 0 aliphatic heterocycles. The van der Waals surface area contributed by atoms with E-state index in [1.165, 1.54) is 19.3 Å². The summed E-state index contributed by atoms with van der Waals surface area (Å²) in [6.45, 7) is 5.50. The number of hydrogen-bond donors (Lipinski definition) is 2. The minimum Gasteiger partial charge on any atom is -0.352 e. The molecule has 2 amide bonds. The summed E-state index contributed by atoms with van der Waals surface area (Å²) >= 11 is 0. The van der Waals surface area contributed by atoms with Gasteiger partial charge >= 0.3 is 6.03 Å². The molecule has 0 saturated heterocycles. The van der Waals surface area contributed by atoms with Crippen molar-refractivity contribution in [1.82, 2.24) is 5.32 Å². The van der Waals surface area contributed by atoms with Crippen LogP contribution in [0.2, 0.25) is 0 Å². The lowest BCUT2D eigenvalue weighted by Crippen LogP contribution is -2.54. The molecule has 3 rings (SSSR count). The van der Waals surface area contributed by atoms with E-state index >= 15 is 0 Å². The van der Waals surface area contributed by atoms with Gasteiger partial charge in [-0.25, -0.2) is 4.79 Å². The Balaban J connectivity index is 1.91. The van der Waals surface area contributed by atoms with Crippen molar-refractivity contribution in [3.63, 3.8) is 0 Å². The molecule has 0 aromatic carbocycles. The Bertz CT molecular complexity index is 248. The van der Waals surface area contributed by atoms with Gasteiger partial charge in [-0.1, -0.05) is 13.8 Å². The molecule has 0 unspecified atom stereocenters. The third kappa shape index (κ3) is 1.39.